The number of anilines is 1. The van der Waals surface area contributed by atoms with E-state index in [9.17, 15) is 18.8 Å². The van der Waals surface area contributed by atoms with E-state index in [0.29, 0.717) is 17.8 Å². The molecule has 0 aromatic heterocycles. The maximum Gasteiger partial charge on any atom is 0.266 e. The number of rotatable bonds is 5. The SMILES string of the molecule is Cl.O=C(NCCN1CCCCC1)c1ccc2c(c1)C(=O)N(c1ccc(F)cc1)C2=O. The van der Waals surface area contributed by atoms with Crippen molar-refractivity contribution in [1.82, 2.24) is 10.2 Å². The normalized spacial score (nSPS) is 16.2. The third-order valence-corrected chi connectivity index (χ3v) is 5.40. The van der Waals surface area contributed by atoms with Gasteiger partial charge in [0.1, 0.15) is 5.82 Å². The number of halogens is 2. The molecule has 30 heavy (non-hydrogen) atoms. The first-order valence-electron chi connectivity index (χ1n) is 9.83. The van der Waals surface area contributed by atoms with E-state index in [-0.39, 0.29) is 29.4 Å². The minimum absolute atomic E-state index is 0. The smallest absolute Gasteiger partial charge is 0.266 e. The number of carbonyl (C=O) groups is 3. The fraction of sp³-hybridized carbons (Fsp3) is 0.318. The van der Waals surface area contributed by atoms with Crippen LogP contribution in [0.25, 0.3) is 0 Å². The molecule has 2 heterocycles. The van der Waals surface area contributed by atoms with Crippen molar-refractivity contribution in [2.45, 2.75) is 19.3 Å². The molecule has 0 aliphatic carbocycles. The van der Waals surface area contributed by atoms with Crippen LogP contribution in [-0.4, -0.2) is 48.8 Å². The van der Waals surface area contributed by atoms with Crippen LogP contribution in [0.2, 0.25) is 0 Å². The summed E-state index contributed by atoms with van der Waals surface area (Å²) in [5, 5.41) is 2.88. The Bertz CT molecular complexity index is 959. The van der Waals surface area contributed by atoms with Crippen molar-refractivity contribution in [2.24, 2.45) is 0 Å². The summed E-state index contributed by atoms with van der Waals surface area (Å²) in [4.78, 5) is 41.2. The molecule has 0 saturated carbocycles. The van der Waals surface area contributed by atoms with Crippen LogP contribution in [0.4, 0.5) is 10.1 Å². The van der Waals surface area contributed by atoms with Gasteiger partial charge >= 0.3 is 0 Å². The molecule has 3 amide bonds. The van der Waals surface area contributed by atoms with E-state index < -0.39 is 17.6 Å². The first kappa shape index (κ1) is 21.9. The Kier molecular flexibility index (Phi) is 6.84. The molecule has 1 fully saturated rings. The average molecular weight is 432 g/mol. The van der Waals surface area contributed by atoms with E-state index in [2.05, 4.69) is 10.2 Å². The zero-order valence-electron chi connectivity index (χ0n) is 16.4. The quantitative estimate of drug-likeness (QED) is 0.738. The summed E-state index contributed by atoms with van der Waals surface area (Å²) in [5.41, 5.74) is 1.06. The Morgan fingerprint density at radius 3 is 2.30 bits per heavy atom. The van der Waals surface area contributed by atoms with Crippen molar-refractivity contribution in [3.05, 3.63) is 65.0 Å². The summed E-state index contributed by atoms with van der Waals surface area (Å²) < 4.78 is 13.2. The second-order valence-corrected chi connectivity index (χ2v) is 7.34. The number of likely N-dealkylation sites (tertiary alicyclic amines) is 1. The molecular formula is C22H23ClFN3O3. The number of hydrogen-bond donors (Lipinski definition) is 1. The van der Waals surface area contributed by atoms with Gasteiger partial charge in [-0.1, -0.05) is 6.42 Å². The van der Waals surface area contributed by atoms with Crippen LogP contribution in [0.1, 0.15) is 50.3 Å². The molecular weight excluding hydrogens is 409 g/mol. The second-order valence-electron chi connectivity index (χ2n) is 7.34. The van der Waals surface area contributed by atoms with Gasteiger partial charge in [0.15, 0.2) is 0 Å². The average Bonchev–Trinajstić information content (AvgIpc) is 2.99. The van der Waals surface area contributed by atoms with Gasteiger partial charge in [0.05, 0.1) is 16.8 Å². The van der Waals surface area contributed by atoms with Crippen molar-refractivity contribution in [3.63, 3.8) is 0 Å². The molecule has 0 radical (unpaired) electrons. The number of carbonyl (C=O) groups excluding carboxylic acids is 3. The highest BCUT2D eigenvalue weighted by molar-refractivity contribution is 6.34. The summed E-state index contributed by atoms with van der Waals surface area (Å²) in [6.07, 6.45) is 3.65. The third kappa shape index (κ3) is 4.37. The number of nitrogens with zero attached hydrogens (tertiary/aromatic N) is 2. The summed E-state index contributed by atoms with van der Waals surface area (Å²) >= 11 is 0. The lowest BCUT2D eigenvalue weighted by Crippen LogP contribution is -2.37. The Morgan fingerprint density at radius 1 is 0.933 bits per heavy atom. The van der Waals surface area contributed by atoms with Crippen molar-refractivity contribution < 1.29 is 18.8 Å². The van der Waals surface area contributed by atoms with Gasteiger partial charge in [0.25, 0.3) is 17.7 Å². The van der Waals surface area contributed by atoms with Gasteiger partial charge in [-0.3, -0.25) is 14.4 Å². The van der Waals surface area contributed by atoms with Crippen molar-refractivity contribution in [2.75, 3.05) is 31.1 Å². The van der Waals surface area contributed by atoms with Crippen LogP contribution >= 0.6 is 12.4 Å². The van der Waals surface area contributed by atoms with Gasteiger partial charge in [-0.05, 0) is 68.4 Å². The summed E-state index contributed by atoms with van der Waals surface area (Å²) in [6.45, 7) is 3.45. The topological polar surface area (TPSA) is 69.7 Å². The summed E-state index contributed by atoms with van der Waals surface area (Å²) in [6, 6.07) is 9.65. The van der Waals surface area contributed by atoms with Crippen LogP contribution in [0.5, 0.6) is 0 Å². The molecule has 2 aromatic rings. The largest absolute Gasteiger partial charge is 0.351 e. The minimum atomic E-state index is -0.514. The fourth-order valence-electron chi connectivity index (χ4n) is 3.82. The van der Waals surface area contributed by atoms with Crippen LogP contribution in [-0.2, 0) is 0 Å². The Hall–Kier alpha value is -2.77. The van der Waals surface area contributed by atoms with Crippen LogP contribution in [0.15, 0.2) is 42.5 Å². The molecule has 0 unspecified atom stereocenters. The molecule has 2 aliphatic rings. The Balaban J connectivity index is 0.00000256. The van der Waals surface area contributed by atoms with Crippen LogP contribution in [0.3, 0.4) is 0 Å². The molecule has 0 bridgehead atoms. The lowest BCUT2D eigenvalue weighted by atomic mass is 10.1. The molecule has 0 atom stereocenters. The predicted octanol–water partition coefficient (Wildman–Crippen LogP) is 3.26. The van der Waals surface area contributed by atoms with Gasteiger partial charge in [0.2, 0.25) is 0 Å². The summed E-state index contributed by atoms with van der Waals surface area (Å²) in [5.74, 6) is -1.72. The number of fused-ring (bicyclic) bond motifs is 1. The van der Waals surface area contributed by atoms with E-state index >= 15 is 0 Å². The van der Waals surface area contributed by atoms with Gasteiger partial charge in [-0.15, -0.1) is 12.4 Å². The Morgan fingerprint density at radius 2 is 1.60 bits per heavy atom. The van der Waals surface area contributed by atoms with Gasteiger partial charge in [-0.2, -0.15) is 0 Å². The standard InChI is InChI=1S/C22H22FN3O3.ClH/c23-16-5-7-17(8-6-16)26-21(28)18-9-4-15(14-19(18)22(26)29)20(27)24-10-13-25-11-2-1-3-12-25;/h4-9,14H,1-3,10-13H2,(H,24,27);1H. The lowest BCUT2D eigenvalue weighted by Gasteiger charge is -2.26. The van der Waals surface area contributed by atoms with E-state index in [1.165, 1.54) is 55.7 Å². The first-order chi connectivity index (χ1) is 14.0. The third-order valence-electron chi connectivity index (χ3n) is 5.40. The monoisotopic (exact) mass is 431 g/mol. The van der Waals surface area contributed by atoms with Gasteiger partial charge < -0.3 is 10.2 Å². The van der Waals surface area contributed by atoms with Crippen LogP contribution in [0, 0.1) is 5.82 Å². The molecule has 2 aliphatic heterocycles. The molecule has 8 heteroatoms. The predicted molar refractivity (Wildman–Crippen MR) is 114 cm³/mol. The zero-order valence-corrected chi connectivity index (χ0v) is 17.2. The molecule has 4 rings (SSSR count). The minimum Gasteiger partial charge on any atom is -0.351 e. The fourth-order valence-corrected chi connectivity index (χ4v) is 3.82. The van der Waals surface area contributed by atoms with Gasteiger partial charge in [-0.25, -0.2) is 9.29 Å². The summed E-state index contributed by atoms with van der Waals surface area (Å²) in [7, 11) is 0. The second kappa shape index (κ2) is 9.36. The zero-order chi connectivity index (χ0) is 20.4. The van der Waals surface area contributed by atoms with Crippen LogP contribution < -0.4 is 10.2 Å². The molecule has 2 aromatic carbocycles. The van der Waals surface area contributed by atoms with Crippen molar-refractivity contribution >= 4 is 35.8 Å². The highest BCUT2D eigenvalue weighted by Gasteiger charge is 2.37. The number of hydrogen-bond acceptors (Lipinski definition) is 4. The Labute approximate surface area is 180 Å². The molecule has 1 N–H and O–H groups in total. The number of amides is 3. The maximum atomic E-state index is 13.2. The molecule has 0 spiro atoms. The van der Waals surface area contributed by atoms with E-state index in [1.54, 1.807) is 6.07 Å². The maximum absolute atomic E-state index is 13.2. The molecule has 158 valence electrons. The molecule has 1 saturated heterocycles. The lowest BCUT2D eigenvalue weighted by molar-refractivity contribution is 0.0923. The van der Waals surface area contributed by atoms with Gasteiger partial charge in [0, 0.05) is 18.7 Å². The van der Waals surface area contributed by atoms with Crippen molar-refractivity contribution in [3.8, 4) is 0 Å². The van der Waals surface area contributed by atoms with Crippen molar-refractivity contribution in [1.29, 1.82) is 0 Å². The highest BCUT2D eigenvalue weighted by atomic mass is 35.5. The van der Waals surface area contributed by atoms with E-state index in [1.807, 2.05) is 0 Å². The molecule has 6 nitrogen and oxygen atoms in total. The highest BCUT2D eigenvalue weighted by Crippen LogP contribution is 2.29. The first-order valence-corrected chi connectivity index (χ1v) is 9.83. The number of benzene rings is 2. The van der Waals surface area contributed by atoms with E-state index in [0.717, 1.165) is 24.5 Å². The number of imide groups is 1. The number of nitrogens with one attached hydrogen (secondary N) is 1. The van der Waals surface area contributed by atoms with E-state index in [4.69, 9.17) is 0 Å². The number of piperidine rings is 1.